The second-order valence-electron chi connectivity index (χ2n) is 3.15. The van der Waals surface area contributed by atoms with Crippen LogP contribution in [-0.4, -0.2) is 33.2 Å². The highest BCUT2D eigenvalue weighted by atomic mass is 16.3. The first-order valence-electron chi connectivity index (χ1n) is 4.57. The molecule has 1 amide bonds. The smallest absolute Gasteiger partial charge is 0.269 e. The summed E-state index contributed by atoms with van der Waals surface area (Å²) in [6.45, 7) is 1.87. The van der Waals surface area contributed by atoms with E-state index in [0.717, 1.165) is 0 Å². The number of carbonyl (C=O) groups excluding carboxylic acids is 1. The molecule has 5 nitrogen and oxygen atoms in total. The third kappa shape index (κ3) is 2.32. The molecule has 1 atom stereocenters. The fourth-order valence-corrected chi connectivity index (χ4v) is 1.11. The van der Waals surface area contributed by atoms with Gasteiger partial charge in [-0.25, -0.2) is 4.98 Å². The summed E-state index contributed by atoms with van der Waals surface area (Å²) in [6.07, 6.45) is 3.77. The third-order valence-corrected chi connectivity index (χ3v) is 2.10. The molecule has 0 unspecified atom stereocenters. The second-order valence-corrected chi connectivity index (χ2v) is 3.15. The highest BCUT2D eigenvalue weighted by molar-refractivity contribution is 5.92. The Balaban J connectivity index is 2.63. The quantitative estimate of drug-likeness (QED) is 0.709. The number of carbonyl (C=O) groups is 1. The molecular weight excluding hydrogens is 182 g/mol. The van der Waals surface area contributed by atoms with Gasteiger partial charge in [-0.3, -0.25) is 4.79 Å². The number of nitrogens with one attached hydrogen (secondary N) is 1. The molecule has 1 rings (SSSR count). The zero-order valence-electron chi connectivity index (χ0n) is 8.40. The van der Waals surface area contributed by atoms with Gasteiger partial charge < -0.3 is 15.0 Å². The molecular formula is C9H15N3O2. The van der Waals surface area contributed by atoms with E-state index >= 15 is 0 Å². The van der Waals surface area contributed by atoms with Crippen molar-refractivity contribution in [3.63, 3.8) is 0 Å². The summed E-state index contributed by atoms with van der Waals surface area (Å²) in [7, 11) is 1.75. The fourth-order valence-electron chi connectivity index (χ4n) is 1.11. The largest absolute Gasteiger partial charge is 0.394 e. The zero-order chi connectivity index (χ0) is 10.6. The minimum Gasteiger partial charge on any atom is -0.394 e. The van der Waals surface area contributed by atoms with Crippen LogP contribution in [0.25, 0.3) is 0 Å². The molecule has 0 aromatic carbocycles. The van der Waals surface area contributed by atoms with Crippen LogP contribution < -0.4 is 5.32 Å². The second kappa shape index (κ2) is 4.76. The van der Waals surface area contributed by atoms with Gasteiger partial charge in [0, 0.05) is 7.05 Å². The van der Waals surface area contributed by atoms with Crippen molar-refractivity contribution in [2.75, 3.05) is 6.61 Å². The summed E-state index contributed by atoms with van der Waals surface area (Å²) in [5.74, 6) is -0.203. The summed E-state index contributed by atoms with van der Waals surface area (Å²) in [4.78, 5) is 15.4. The van der Waals surface area contributed by atoms with Gasteiger partial charge in [0.2, 0.25) is 0 Å². The van der Waals surface area contributed by atoms with Gasteiger partial charge in [-0.15, -0.1) is 0 Å². The van der Waals surface area contributed by atoms with E-state index in [-0.39, 0.29) is 18.6 Å². The predicted octanol–water partition coefficient (Wildman–Crippen LogP) is -0.0792. The molecule has 5 heteroatoms. The minimum absolute atomic E-state index is 0.0416. The van der Waals surface area contributed by atoms with Crippen molar-refractivity contribution >= 4 is 5.91 Å². The average Bonchev–Trinajstić information content (AvgIpc) is 2.60. The molecule has 14 heavy (non-hydrogen) atoms. The molecule has 0 aliphatic rings. The molecule has 0 bridgehead atoms. The summed E-state index contributed by atoms with van der Waals surface area (Å²) >= 11 is 0. The van der Waals surface area contributed by atoms with Gasteiger partial charge in [0.1, 0.15) is 5.69 Å². The Kier molecular flexibility index (Phi) is 3.64. The van der Waals surface area contributed by atoms with E-state index in [1.807, 2.05) is 6.92 Å². The summed E-state index contributed by atoms with van der Waals surface area (Å²) in [5.41, 5.74) is 0.497. The van der Waals surface area contributed by atoms with Crippen molar-refractivity contribution in [3.8, 4) is 0 Å². The lowest BCUT2D eigenvalue weighted by atomic mass is 10.2. The predicted molar refractivity (Wildman–Crippen MR) is 51.8 cm³/mol. The van der Waals surface area contributed by atoms with E-state index in [4.69, 9.17) is 5.11 Å². The summed E-state index contributed by atoms with van der Waals surface area (Å²) in [6, 6.07) is -0.183. The number of amides is 1. The van der Waals surface area contributed by atoms with Crippen LogP contribution in [0.3, 0.4) is 0 Å². The highest BCUT2D eigenvalue weighted by Gasteiger charge is 2.13. The number of imidazole rings is 1. The molecule has 0 aliphatic heterocycles. The van der Waals surface area contributed by atoms with Crippen LogP contribution in [0.1, 0.15) is 23.8 Å². The minimum atomic E-state index is -0.203. The first kappa shape index (κ1) is 10.7. The maximum Gasteiger partial charge on any atom is 0.269 e. The maximum absolute atomic E-state index is 11.6. The number of aryl methyl sites for hydroxylation is 1. The maximum atomic E-state index is 11.6. The Labute approximate surface area is 82.8 Å². The molecule has 1 heterocycles. The average molecular weight is 197 g/mol. The number of aromatic nitrogens is 2. The van der Waals surface area contributed by atoms with Crippen molar-refractivity contribution in [3.05, 3.63) is 18.2 Å². The van der Waals surface area contributed by atoms with Gasteiger partial charge in [-0.05, 0) is 6.42 Å². The summed E-state index contributed by atoms with van der Waals surface area (Å²) in [5, 5.41) is 11.6. The van der Waals surface area contributed by atoms with Gasteiger partial charge in [-0.1, -0.05) is 6.92 Å². The van der Waals surface area contributed by atoms with Crippen LogP contribution in [-0.2, 0) is 7.05 Å². The fraction of sp³-hybridized carbons (Fsp3) is 0.556. The van der Waals surface area contributed by atoms with E-state index in [2.05, 4.69) is 10.3 Å². The highest BCUT2D eigenvalue weighted by Crippen LogP contribution is 1.98. The van der Waals surface area contributed by atoms with E-state index in [1.54, 1.807) is 17.9 Å². The molecule has 1 aromatic heterocycles. The summed E-state index contributed by atoms with van der Waals surface area (Å²) < 4.78 is 1.64. The number of hydrogen-bond acceptors (Lipinski definition) is 3. The van der Waals surface area contributed by atoms with E-state index in [9.17, 15) is 4.79 Å². The van der Waals surface area contributed by atoms with Crippen LogP contribution in [0, 0.1) is 0 Å². The molecule has 0 aliphatic carbocycles. The van der Waals surface area contributed by atoms with Crippen molar-refractivity contribution in [1.29, 1.82) is 0 Å². The SMILES string of the molecule is CC[C@@H](CO)NC(=O)c1cncn1C. The standard InChI is InChI=1S/C9H15N3O2/c1-3-7(5-13)11-9(14)8-4-10-6-12(8)2/h4,6-7,13H,3,5H2,1-2H3,(H,11,14)/t7-/m0/s1. The lowest BCUT2D eigenvalue weighted by Crippen LogP contribution is -2.37. The van der Waals surface area contributed by atoms with E-state index in [0.29, 0.717) is 12.1 Å². The Morgan fingerprint density at radius 1 is 1.79 bits per heavy atom. The first-order chi connectivity index (χ1) is 6.69. The van der Waals surface area contributed by atoms with Gasteiger partial charge in [0.25, 0.3) is 5.91 Å². The molecule has 0 radical (unpaired) electrons. The number of aliphatic hydroxyl groups is 1. The van der Waals surface area contributed by atoms with Crippen LogP contribution in [0.5, 0.6) is 0 Å². The van der Waals surface area contributed by atoms with Crippen molar-refractivity contribution < 1.29 is 9.90 Å². The lowest BCUT2D eigenvalue weighted by Gasteiger charge is -2.13. The molecule has 78 valence electrons. The van der Waals surface area contributed by atoms with Crippen LogP contribution >= 0.6 is 0 Å². The first-order valence-corrected chi connectivity index (χ1v) is 4.57. The molecule has 0 saturated carbocycles. The van der Waals surface area contributed by atoms with Gasteiger partial charge in [-0.2, -0.15) is 0 Å². The third-order valence-electron chi connectivity index (χ3n) is 2.10. The molecule has 0 saturated heterocycles. The van der Waals surface area contributed by atoms with Crippen LogP contribution in [0.2, 0.25) is 0 Å². The molecule has 1 aromatic rings. The van der Waals surface area contributed by atoms with Crippen LogP contribution in [0.4, 0.5) is 0 Å². The molecule has 0 spiro atoms. The topological polar surface area (TPSA) is 67.2 Å². The molecule has 0 fully saturated rings. The Morgan fingerprint density at radius 2 is 2.50 bits per heavy atom. The Hall–Kier alpha value is -1.36. The Morgan fingerprint density at radius 3 is 2.93 bits per heavy atom. The molecule has 2 N–H and O–H groups in total. The Bertz CT molecular complexity index is 305. The number of rotatable bonds is 4. The van der Waals surface area contributed by atoms with Crippen molar-refractivity contribution in [2.24, 2.45) is 7.05 Å². The van der Waals surface area contributed by atoms with Gasteiger partial charge in [0.15, 0.2) is 0 Å². The normalized spacial score (nSPS) is 12.5. The number of aliphatic hydroxyl groups excluding tert-OH is 1. The number of hydrogen-bond donors (Lipinski definition) is 2. The van der Waals surface area contributed by atoms with Crippen molar-refractivity contribution in [2.45, 2.75) is 19.4 Å². The van der Waals surface area contributed by atoms with E-state index in [1.165, 1.54) is 6.20 Å². The monoisotopic (exact) mass is 197 g/mol. The number of nitrogens with zero attached hydrogens (tertiary/aromatic N) is 2. The van der Waals surface area contributed by atoms with Crippen LogP contribution in [0.15, 0.2) is 12.5 Å². The van der Waals surface area contributed by atoms with Gasteiger partial charge >= 0.3 is 0 Å². The van der Waals surface area contributed by atoms with E-state index < -0.39 is 0 Å². The zero-order valence-corrected chi connectivity index (χ0v) is 8.40. The lowest BCUT2D eigenvalue weighted by molar-refractivity contribution is 0.0906. The van der Waals surface area contributed by atoms with Gasteiger partial charge in [0.05, 0.1) is 25.2 Å². The van der Waals surface area contributed by atoms with Crippen molar-refractivity contribution in [1.82, 2.24) is 14.9 Å².